The summed E-state index contributed by atoms with van der Waals surface area (Å²) in [4.78, 5) is 11.4. The molecule has 24 heavy (non-hydrogen) atoms. The largest absolute Gasteiger partial charge is 0.393 e. The van der Waals surface area contributed by atoms with Crippen LogP contribution in [-0.2, 0) is 4.79 Å². The Kier molecular flexibility index (Phi) is 3.99. The first-order chi connectivity index (χ1) is 11.4. The molecule has 2 nitrogen and oxygen atoms in total. The number of allylic oxidation sites excluding steroid dienone is 1. The average Bonchev–Trinajstić information content (AvgIpc) is 2.92. The van der Waals surface area contributed by atoms with E-state index in [1.54, 1.807) is 5.57 Å². The first-order valence-electron chi connectivity index (χ1n) is 10.2. The smallest absolute Gasteiger partial charge is 0.123 e. The first-order valence-corrected chi connectivity index (χ1v) is 10.2. The maximum atomic E-state index is 11.4. The molecule has 0 aromatic carbocycles. The standard InChI is InChI=1S/C22H34O2/c1-14(13-23)18-6-7-19-17-5-4-15-12-16(24)8-10-21(15,2)20(17)9-11-22(18,19)3/h4,13-14,16-20,24H,5-12H2,1-3H3/t14?,16-,17-,18+,19-,20-,21-,22+/m0/s1. The van der Waals surface area contributed by atoms with Gasteiger partial charge in [0.15, 0.2) is 0 Å². The van der Waals surface area contributed by atoms with Gasteiger partial charge in [0.25, 0.3) is 0 Å². The van der Waals surface area contributed by atoms with Crippen LogP contribution in [-0.4, -0.2) is 17.5 Å². The summed E-state index contributed by atoms with van der Waals surface area (Å²) in [5.41, 5.74) is 2.26. The highest BCUT2D eigenvalue weighted by Gasteiger charge is 2.59. The van der Waals surface area contributed by atoms with Crippen LogP contribution in [0, 0.1) is 40.4 Å². The lowest BCUT2D eigenvalue weighted by atomic mass is 9.47. The third-order valence-electron chi connectivity index (χ3n) is 9.00. The van der Waals surface area contributed by atoms with Gasteiger partial charge < -0.3 is 9.90 Å². The number of aldehydes is 1. The minimum Gasteiger partial charge on any atom is -0.393 e. The summed E-state index contributed by atoms with van der Waals surface area (Å²) in [6.07, 6.45) is 13.0. The Morgan fingerprint density at radius 2 is 1.96 bits per heavy atom. The predicted octanol–water partition coefficient (Wildman–Crippen LogP) is 4.76. The topological polar surface area (TPSA) is 37.3 Å². The predicted molar refractivity (Wildman–Crippen MR) is 96.4 cm³/mol. The first kappa shape index (κ1) is 16.8. The number of hydrogen-bond acceptors (Lipinski definition) is 2. The summed E-state index contributed by atoms with van der Waals surface area (Å²) in [5.74, 6) is 3.20. The number of aliphatic hydroxyl groups excluding tert-OH is 1. The van der Waals surface area contributed by atoms with Gasteiger partial charge in [-0.25, -0.2) is 0 Å². The van der Waals surface area contributed by atoms with Crippen LogP contribution in [0.2, 0.25) is 0 Å². The molecule has 0 saturated heterocycles. The molecular formula is C22H34O2. The number of fused-ring (bicyclic) bond motifs is 5. The molecule has 0 aromatic rings. The van der Waals surface area contributed by atoms with Crippen LogP contribution in [0.3, 0.4) is 0 Å². The van der Waals surface area contributed by atoms with E-state index in [1.807, 2.05) is 0 Å². The summed E-state index contributed by atoms with van der Waals surface area (Å²) in [6.45, 7) is 7.13. The molecule has 3 fully saturated rings. The Balaban J connectivity index is 1.64. The molecule has 8 atom stereocenters. The zero-order valence-corrected chi connectivity index (χ0v) is 15.6. The van der Waals surface area contributed by atoms with Crippen LogP contribution < -0.4 is 0 Å². The van der Waals surface area contributed by atoms with Gasteiger partial charge >= 0.3 is 0 Å². The van der Waals surface area contributed by atoms with Crippen molar-refractivity contribution in [3.05, 3.63) is 11.6 Å². The van der Waals surface area contributed by atoms with Crippen molar-refractivity contribution in [3.8, 4) is 0 Å². The quantitative estimate of drug-likeness (QED) is 0.585. The van der Waals surface area contributed by atoms with Crippen LogP contribution >= 0.6 is 0 Å². The lowest BCUT2D eigenvalue weighted by Gasteiger charge is -2.58. The van der Waals surface area contributed by atoms with Crippen molar-refractivity contribution in [1.82, 2.24) is 0 Å². The molecule has 0 heterocycles. The Morgan fingerprint density at radius 3 is 2.71 bits per heavy atom. The average molecular weight is 331 g/mol. The molecule has 2 heteroatoms. The summed E-state index contributed by atoms with van der Waals surface area (Å²) in [7, 11) is 0. The van der Waals surface area contributed by atoms with Crippen LogP contribution in [0.25, 0.3) is 0 Å². The Hall–Kier alpha value is -0.630. The van der Waals surface area contributed by atoms with Gasteiger partial charge in [0.1, 0.15) is 6.29 Å². The second-order valence-electron chi connectivity index (χ2n) is 9.88. The van der Waals surface area contributed by atoms with Gasteiger partial charge in [-0.2, -0.15) is 0 Å². The zero-order valence-electron chi connectivity index (χ0n) is 15.6. The molecule has 3 saturated carbocycles. The number of aliphatic hydroxyl groups is 1. The van der Waals surface area contributed by atoms with Crippen molar-refractivity contribution in [3.63, 3.8) is 0 Å². The summed E-state index contributed by atoms with van der Waals surface area (Å²) >= 11 is 0. The Labute approximate surface area is 147 Å². The van der Waals surface area contributed by atoms with E-state index in [2.05, 4.69) is 26.8 Å². The molecule has 0 aliphatic heterocycles. The van der Waals surface area contributed by atoms with E-state index in [-0.39, 0.29) is 12.0 Å². The second-order valence-corrected chi connectivity index (χ2v) is 9.88. The molecule has 0 aromatic heterocycles. The fraction of sp³-hybridized carbons (Fsp3) is 0.864. The van der Waals surface area contributed by atoms with Gasteiger partial charge in [-0.15, -0.1) is 0 Å². The van der Waals surface area contributed by atoms with E-state index >= 15 is 0 Å². The molecule has 1 unspecified atom stereocenters. The SMILES string of the molecule is CC(C=O)[C@H]1CC[C@H]2[C@@H]3CC=C4C[C@@H](O)CC[C@]4(C)[C@H]3CC[C@]12C. The molecule has 134 valence electrons. The van der Waals surface area contributed by atoms with Crippen LogP contribution in [0.15, 0.2) is 11.6 Å². The van der Waals surface area contributed by atoms with Crippen molar-refractivity contribution in [2.75, 3.05) is 0 Å². The highest BCUT2D eigenvalue weighted by Crippen LogP contribution is 2.66. The van der Waals surface area contributed by atoms with E-state index < -0.39 is 0 Å². The molecule has 0 bridgehead atoms. The normalized spacial score (nSPS) is 51.8. The zero-order chi connectivity index (χ0) is 17.1. The van der Waals surface area contributed by atoms with Crippen molar-refractivity contribution in [1.29, 1.82) is 0 Å². The van der Waals surface area contributed by atoms with Gasteiger partial charge in [0.2, 0.25) is 0 Å². The van der Waals surface area contributed by atoms with Crippen molar-refractivity contribution in [2.45, 2.75) is 78.2 Å². The van der Waals surface area contributed by atoms with Crippen molar-refractivity contribution < 1.29 is 9.90 Å². The molecule has 4 rings (SSSR count). The van der Waals surface area contributed by atoms with Gasteiger partial charge in [0.05, 0.1) is 6.10 Å². The third-order valence-corrected chi connectivity index (χ3v) is 9.00. The Bertz CT molecular complexity index is 552. The van der Waals surface area contributed by atoms with Crippen molar-refractivity contribution >= 4 is 6.29 Å². The molecule has 0 spiro atoms. The lowest BCUT2D eigenvalue weighted by molar-refractivity contribution is -0.115. The summed E-state index contributed by atoms with van der Waals surface area (Å²) < 4.78 is 0. The molecule has 4 aliphatic rings. The van der Waals surface area contributed by atoms with E-state index in [9.17, 15) is 9.90 Å². The van der Waals surface area contributed by atoms with Crippen LogP contribution in [0.5, 0.6) is 0 Å². The summed E-state index contributed by atoms with van der Waals surface area (Å²) in [5, 5.41) is 10.1. The lowest BCUT2D eigenvalue weighted by Crippen LogP contribution is -2.50. The highest BCUT2D eigenvalue weighted by molar-refractivity contribution is 5.53. The van der Waals surface area contributed by atoms with Crippen LogP contribution in [0.4, 0.5) is 0 Å². The molecule has 0 radical (unpaired) electrons. The number of hydrogen-bond donors (Lipinski definition) is 1. The minimum atomic E-state index is -0.112. The van der Waals surface area contributed by atoms with E-state index in [4.69, 9.17) is 0 Å². The van der Waals surface area contributed by atoms with E-state index in [1.165, 1.54) is 44.8 Å². The van der Waals surface area contributed by atoms with Crippen molar-refractivity contribution in [2.24, 2.45) is 40.4 Å². The number of carbonyl (C=O) groups excluding carboxylic acids is 1. The summed E-state index contributed by atoms with van der Waals surface area (Å²) in [6, 6.07) is 0. The fourth-order valence-electron chi connectivity index (χ4n) is 7.64. The third kappa shape index (κ3) is 2.21. The molecule has 4 aliphatic carbocycles. The van der Waals surface area contributed by atoms with E-state index in [0.717, 1.165) is 30.6 Å². The maximum absolute atomic E-state index is 11.4. The molecule has 0 amide bonds. The van der Waals surface area contributed by atoms with Gasteiger partial charge in [0, 0.05) is 5.92 Å². The van der Waals surface area contributed by atoms with Gasteiger partial charge in [-0.05, 0) is 85.9 Å². The highest BCUT2D eigenvalue weighted by atomic mass is 16.3. The maximum Gasteiger partial charge on any atom is 0.123 e. The monoisotopic (exact) mass is 330 g/mol. The number of carbonyl (C=O) groups is 1. The van der Waals surface area contributed by atoms with Gasteiger partial charge in [-0.1, -0.05) is 32.4 Å². The second kappa shape index (κ2) is 5.69. The minimum absolute atomic E-state index is 0.112. The Morgan fingerprint density at radius 1 is 1.17 bits per heavy atom. The van der Waals surface area contributed by atoms with Crippen LogP contribution in [0.1, 0.15) is 72.1 Å². The number of rotatable bonds is 2. The van der Waals surface area contributed by atoms with Gasteiger partial charge in [-0.3, -0.25) is 0 Å². The van der Waals surface area contributed by atoms with E-state index in [0.29, 0.717) is 16.7 Å². The molecule has 1 N–H and O–H groups in total. The molecular weight excluding hydrogens is 296 g/mol. The fourth-order valence-corrected chi connectivity index (χ4v) is 7.64.